The lowest BCUT2D eigenvalue weighted by molar-refractivity contribution is -0.385. The average molecular weight is 353 g/mol. The maximum atomic E-state index is 12.6. The molecule has 0 saturated heterocycles. The third kappa shape index (κ3) is 3.58. The van der Waals surface area contributed by atoms with Crippen molar-refractivity contribution in [2.24, 2.45) is 5.73 Å². The molecule has 0 spiro atoms. The van der Waals surface area contributed by atoms with Crippen molar-refractivity contribution in [2.45, 2.75) is 32.0 Å². The molecular weight excluding hydrogens is 334 g/mol. The first kappa shape index (κ1) is 17.6. The van der Waals surface area contributed by atoms with Gasteiger partial charge in [-0.15, -0.1) is 0 Å². The quantitative estimate of drug-likeness (QED) is 0.646. The summed E-state index contributed by atoms with van der Waals surface area (Å²) >= 11 is 0. The Bertz CT molecular complexity index is 883. The van der Waals surface area contributed by atoms with Crippen LogP contribution in [0.5, 0.6) is 0 Å². The first-order valence-corrected chi connectivity index (χ1v) is 8.35. The fraction of sp³-hybridized carbons (Fsp3) is 0.333. The summed E-state index contributed by atoms with van der Waals surface area (Å²) < 4.78 is 1.77. The van der Waals surface area contributed by atoms with Crippen LogP contribution in [0.4, 0.5) is 5.69 Å². The minimum Gasteiger partial charge on any atom is -0.339 e. The monoisotopic (exact) mass is 353 g/mol. The normalized spacial score (nSPS) is 14.4. The minimum absolute atomic E-state index is 0.0268. The van der Waals surface area contributed by atoms with Gasteiger partial charge in [0.1, 0.15) is 11.8 Å². The van der Waals surface area contributed by atoms with Gasteiger partial charge in [0.15, 0.2) is 0 Å². The van der Waals surface area contributed by atoms with Crippen molar-refractivity contribution in [1.29, 1.82) is 5.26 Å². The number of non-ortho nitro benzene ring substituents is 1. The number of amides is 1. The molecule has 8 nitrogen and oxygen atoms in total. The van der Waals surface area contributed by atoms with Gasteiger partial charge in [-0.25, -0.2) is 0 Å². The molecule has 1 unspecified atom stereocenters. The maximum absolute atomic E-state index is 12.6. The number of hydrogen-bond acceptors (Lipinski definition) is 5. The Kier molecular flexibility index (Phi) is 5.00. The van der Waals surface area contributed by atoms with E-state index in [2.05, 4.69) is 6.07 Å². The molecule has 2 heterocycles. The van der Waals surface area contributed by atoms with Gasteiger partial charge in [0.05, 0.1) is 11.0 Å². The van der Waals surface area contributed by atoms with Gasteiger partial charge >= 0.3 is 0 Å². The molecule has 2 N–H and O–H groups in total. The zero-order valence-electron chi connectivity index (χ0n) is 14.2. The third-order valence-electron chi connectivity index (χ3n) is 4.67. The number of hydrogen-bond donors (Lipinski definition) is 1. The van der Waals surface area contributed by atoms with E-state index in [4.69, 9.17) is 11.0 Å². The molecular formula is C18H19N5O3. The molecule has 1 aliphatic rings. The molecule has 0 saturated carbocycles. The highest BCUT2D eigenvalue weighted by Crippen LogP contribution is 2.24. The maximum Gasteiger partial charge on any atom is 0.269 e. The predicted molar refractivity (Wildman–Crippen MR) is 94.0 cm³/mol. The first-order chi connectivity index (χ1) is 12.5. The van der Waals surface area contributed by atoms with E-state index in [1.165, 1.54) is 12.1 Å². The van der Waals surface area contributed by atoms with Crippen molar-refractivity contribution in [2.75, 3.05) is 6.54 Å². The number of carbonyl (C=O) groups excluding carboxylic acids is 1. The van der Waals surface area contributed by atoms with Crippen LogP contribution in [-0.2, 0) is 24.3 Å². The smallest absolute Gasteiger partial charge is 0.269 e. The van der Waals surface area contributed by atoms with E-state index >= 15 is 0 Å². The van der Waals surface area contributed by atoms with E-state index in [-0.39, 0.29) is 11.6 Å². The number of fused-ring (bicyclic) bond motifs is 1. The van der Waals surface area contributed by atoms with Crippen LogP contribution in [0.15, 0.2) is 36.5 Å². The Morgan fingerprint density at radius 3 is 2.92 bits per heavy atom. The molecule has 8 heteroatoms. The summed E-state index contributed by atoms with van der Waals surface area (Å²) in [5, 5.41) is 20.0. The molecule has 134 valence electrons. The highest BCUT2D eigenvalue weighted by Gasteiger charge is 2.26. The molecule has 0 bridgehead atoms. The van der Waals surface area contributed by atoms with Crippen molar-refractivity contribution < 1.29 is 9.72 Å². The summed E-state index contributed by atoms with van der Waals surface area (Å²) in [5.74, 6) is -0.173. The Hall–Kier alpha value is -3.18. The average Bonchev–Trinajstić information content (AvgIpc) is 3.12. The van der Waals surface area contributed by atoms with Gasteiger partial charge in [-0.05, 0) is 36.1 Å². The molecule has 0 fully saturated rings. The Morgan fingerprint density at radius 1 is 1.38 bits per heavy atom. The second kappa shape index (κ2) is 7.37. The van der Waals surface area contributed by atoms with Crippen molar-refractivity contribution in [3.05, 3.63) is 63.5 Å². The van der Waals surface area contributed by atoms with Gasteiger partial charge < -0.3 is 15.2 Å². The van der Waals surface area contributed by atoms with Crippen LogP contribution in [0.25, 0.3) is 0 Å². The van der Waals surface area contributed by atoms with Crippen LogP contribution in [0.1, 0.15) is 23.2 Å². The number of nitro benzene ring substituents is 1. The number of nitrogens with zero attached hydrogens (tertiary/aromatic N) is 4. The number of aryl methyl sites for hydroxylation is 1. The standard InChI is InChI=1S/C18H19N5O3/c19-11-16-2-1-7-21(16)9-6-17(20)18(24)22-8-5-13-3-4-15(23(25)26)10-14(13)12-22/h1-4,7,10,17H,5-6,8-9,12,20H2. The number of carbonyl (C=O) groups is 1. The highest BCUT2D eigenvalue weighted by molar-refractivity contribution is 5.82. The Labute approximate surface area is 150 Å². The zero-order chi connectivity index (χ0) is 18.7. The van der Waals surface area contributed by atoms with E-state index in [1.807, 2.05) is 0 Å². The van der Waals surface area contributed by atoms with Crippen molar-refractivity contribution >= 4 is 11.6 Å². The molecule has 1 aromatic heterocycles. The second-order valence-corrected chi connectivity index (χ2v) is 6.31. The lowest BCUT2D eigenvalue weighted by Crippen LogP contribution is -2.46. The van der Waals surface area contributed by atoms with E-state index in [1.54, 1.807) is 33.9 Å². The number of nitrogens with two attached hydrogens (primary N) is 1. The van der Waals surface area contributed by atoms with Gasteiger partial charge in [0.25, 0.3) is 5.69 Å². The second-order valence-electron chi connectivity index (χ2n) is 6.31. The van der Waals surface area contributed by atoms with Crippen LogP contribution < -0.4 is 5.73 Å². The summed E-state index contributed by atoms with van der Waals surface area (Å²) in [6, 6.07) is 9.67. The first-order valence-electron chi connectivity index (χ1n) is 8.35. The summed E-state index contributed by atoms with van der Waals surface area (Å²) in [5.41, 5.74) is 8.44. The molecule has 1 amide bonds. The summed E-state index contributed by atoms with van der Waals surface area (Å²) in [6.45, 7) is 1.36. The fourth-order valence-corrected chi connectivity index (χ4v) is 3.19. The molecule has 2 aromatic rings. The summed E-state index contributed by atoms with van der Waals surface area (Å²) in [7, 11) is 0. The Balaban J connectivity index is 1.64. The predicted octanol–water partition coefficient (Wildman–Crippen LogP) is 1.57. The fourth-order valence-electron chi connectivity index (χ4n) is 3.19. The van der Waals surface area contributed by atoms with Gasteiger partial charge in [-0.3, -0.25) is 14.9 Å². The lowest BCUT2D eigenvalue weighted by atomic mass is 9.98. The zero-order valence-corrected chi connectivity index (χ0v) is 14.2. The van der Waals surface area contributed by atoms with E-state index < -0.39 is 11.0 Å². The molecule has 26 heavy (non-hydrogen) atoms. The van der Waals surface area contributed by atoms with E-state index in [0.717, 1.165) is 11.1 Å². The van der Waals surface area contributed by atoms with Crippen LogP contribution >= 0.6 is 0 Å². The van der Waals surface area contributed by atoms with E-state index in [9.17, 15) is 14.9 Å². The number of nitriles is 1. The molecule has 1 aromatic carbocycles. The van der Waals surface area contributed by atoms with Crippen molar-refractivity contribution in [3.63, 3.8) is 0 Å². The van der Waals surface area contributed by atoms with Crippen LogP contribution in [0, 0.1) is 21.4 Å². The number of benzene rings is 1. The SMILES string of the molecule is N#Cc1cccn1CCC(N)C(=O)N1CCc2ccc([N+](=O)[O-])cc2C1. The Morgan fingerprint density at radius 2 is 2.19 bits per heavy atom. The van der Waals surface area contributed by atoms with Gasteiger partial charge in [-0.2, -0.15) is 5.26 Å². The summed E-state index contributed by atoms with van der Waals surface area (Å²) in [4.78, 5) is 24.8. The molecule has 0 radical (unpaired) electrons. The third-order valence-corrected chi connectivity index (χ3v) is 4.67. The van der Waals surface area contributed by atoms with Crippen molar-refractivity contribution in [3.8, 4) is 6.07 Å². The number of rotatable bonds is 5. The minimum atomic E-state index is -0.677. The molecule has 1 aliphatic heterocycles. The largest absolute Gasteiger partial charge is 0.339 e. The highest BCUT2D eigenvalue weighted by atomic mass is 16.6. The van der Waals surface area contributed by atoms with Gasteiger partial charge in [0.2, 0.25) is 5.91 Å². The number of nitro groups is 1. The van der Waals surface area contributed by atoms with Crippen LogP contribution in [0.2, 0.25) is 0 Å². The molecule has 1 atom stereocenters. The lowest BCUT2D eigenvalue weighted by Gasteiger charge is -2.30. The topological polar surface area (TPSA) is 118 Å². The molecule has 3 rings (SSSR count). The van der Waals surface area contributed by atoms with Crippen LogP contribution in [0.3, 0.4) is 0 Å². The van der Waals surface area contributed by atoms with Crippen LogP contribution in [-0.4, -0.2) is 32.9 Å². The van der Waals surface area contributed by atoms with Gasteiger partial charge in [-0.1, -0.05) is 6.07 Å². The van der Waals surface area contributed by atoms with Crippen molar-refractivity contribution in [1.82, 2.24) is 9.47 Å². The van der Waals surface area contributed by atoms with E-state index in [0.29, 0.717) is 38.2 Å². The molecule has 0 aliphatic carbocycles. The summed E-state index contributed by atoms with van der Waals surface area (Å²) in [6.07, 6.45) is 2.86. The number of aromatic nitrogens is 1. The van der Waals surface area contributed by atoms with Gasteiger partial charge in [0, 0.05) is 38.0 Å².